The van der Waals surface area contributed by atoms with Gasteiger partial charge in [-0.3, -0.25) is 0 Å². The van der Waals surface area contributed by atoms with Crippen molar-refractivity contribution in [1.29, 1.82) is 0 Å². The van der Waals surface area contributed by atoms with Crippen molar-refractivity contribution in [1.82, 2.24) is 4.90 Å². The van der Waals surface area contributed by atoms with E-state index in [2.05, 4.69) is 5.32 Å². The van der Waals surface area contributed by atoms with Gasteiger partial charge in [-0.1, -0.05) is 0 Å². The van der Waals surface area contributed by atoms with E-state index in [9.17, 15) is 9.59 Å². The molecule has 2 amide bonds. The summed E-state index contributed by atoms with van der Waals surface area (Å²) < 4.78 is 5.03. The molecule has 2 rings (SSSR count). The van der Waals surface area contributed by atoms with Crippen LogP contribution in [0.2, 0.25) is 0 Å². The Morgan fingerprint density at radius 1 is 1.43 bits per heavy atom. The van der Waals surface area contributed by atoms with Crippen LogP contribution in [-0.4, -0.2) is 53.2 Å². The second-order valence-corrected chi connectivity index (χ2v) is 5.92. The van der Waals surface area contributed by atoms with Gasteiger partial charge in [0.25, 0.3) is 0 Å². The zero-order valence-corrected chi connectivity index (χ0v) is 12.6. The van der Waals surface area contributed by atoms with E-state index in [0.717, 1.165) is 17.9 Å². The molecule has 1 aliphatic rings. The second-order valence-electron chi connectivity index (χ2n) is 4.77. The molecule has 1 aliphatic heterocycles. The predicted molar refractivity (Wildman–Crippen MR) is 82.1 cm³/mol. The molecule has 0 bridgehead atoms. The molecule has 1 saturated heterocycles. The first kappa shape index (κ1) is 15.5. The molecular weight excluding hydrogens is 292 g/mol. The van der Waals surface area contributed by atoms with E-state index in [4.69, 9.17) is 9.84 Å². The van der Waals surface area contributed by atoms with Crippen LogP contribution in [0.1, 0.15) is 6.42 Å². The predicted octanol–water partition coefficient (Wildman–Crippen LogP) is 2.12. The normalized spacial score (nSPS) is 17.3. The highest BCUT2D eigenvalue weighted by Gasteiger charge is 2.23. The number of rotatable bonds is 5. The maximum Gasteiger partial charge on any atom is 0.341 e. The number of carbonyl (C=O) groups excluding carboxylic acids is 1. The molecule has 0 aromatic heterocycles. The minimum atomic E-state index is -1.02. The van der Waals surface area contributed by atoms with Crippen molar-refractivity contribution >= 4 is 29.4 Å². The van der Waals surface area contributed by atoms with Crippen LogP contribution in [0, 0.1) is 0 Å². The van der Waals surface area contributed by atoms with Gasteiger partial charge in [-0.25, -0.2) is 9.59 Å². The molecule has 1 aromatic rings. The molecule has 114 valence electrons. The zero-order valence-electron chi connectivity index (χ0n) is 11.7. The molecular formula is C14H18N2O4S. The standard InChI is InChI=1S/C14H18N2O4S/c1-16(11-6-7-21-9-11)14(19)15-10-2-4-12(5-3-10)20-8-13(17)18/h2-5,11H,6-9H2,1H3,(H,15,19)(H,17,18). The molecule has 6 nitrogen and oxygen atoms in total. The maximum absolute atomic E-state index is 12.1. The fourth-order valence-corrected chi connectivity index (χ4v) is 3.25. The van der Waals surface area contributed by atoms with Crippen molar-refractivity contribution in [2.45, 2.75) is 12.5 Å². The van der Waals surface area contributed by atoms with Crippen molar-refractivity contribution in [2.24, 2.45) is 0 Å². The van der Waals surface area contributed by atoms with Crippen molar-refractivity contribution in [3.05, 3.63) is 24.3 Å². The maximum atomic E-state index is 12.1. The Labute approximate surface area is 127 Å². The van der Waals surface area contributed by atoms with Crippen LogP contribution in [0.4, 0.5) is 10.5 Å². The lowest BCUT2D eigenvalue weighted by atomic mass is 10.2. The minimum Gasteiger partial charge on any atom is -0.482 e. The fraction of sp³-hybridized carbons (Fsp3) is 0.429. The van der Waals surface area contributed by atoms with Gasteiger partial charge in [-0.2, -0.15) is 11.8 Å². The zero-order chi connectivity index (χ0) is 15.2. The third kappa shape index (κ3) is 4.56. The van der Waals surface area contributed by atoms with E-state index in [0.29, 0.717) is 11.4 Å². The first-order valence-corrected chi connectivity index (χ1v) is 7.78. The third-order valence-corrected chi connectivity index (χ3v) is 4.39. The monoisotopic (exact) mass is 310 g/mol. The Bertz CT molecular complexity index is 500. The molecule has 0 spiro atoms. The van der Waals surface area contributed by atoms with Gasteiger partial charge in [0, 0.05) is 24.5 Å². The molecule has 0 radical (unpaired) electrons. The molecule has 1 atom stereocenters. The average molecular weight is 310 g/mol. The molecule has 1 aromatic carbocycles. The summed E-state index contributed by atoms with van der Waals surface area (Å²) in [4.78, 5) is 24.2. The molecule has 0 aliphatic carbocycles. The molecule has 1 heterocycles. The summed E-state index contributed by atoms with van der Waals surface area (Å²) in [7, 11) is 1.80. The molecule has 21 heavy (non-hydrogen) atoms. The Morgan fingerprint density at radius 3 is 2.71 bits per heavy atom. The van der Waals surface area contributed by atoms with Gasteiger partial charge < -0.3 is 20.1 Å². The third-order valence-electron chi connectivity index (χ3n) is 3.24. The number of hydrogen-bond acceptors (Lipinski definition) is 4. The lowest BCUT2D eigenvalue weighted by Crippen LogP contribution is -2.39. The second kappa shape index (κ2) is 7.21. The Kier molecular flexibility index (Phi) is 5.32. The van der Waals surface area contributed by atoms with Gasteiger partial charge in [-0.15, -0.1) is 0 Å². The summed E-state index contributed by atoms with van der Waals surface area (Å²) in [6, 6.07) is 6.78. The largest absolute Gasteiger partial charge is 0.482 e. The number of amides is 2. The van der Waals surface area contributed by atoms with Gasteiger partial charge in [0.15, 0.2) is 6.61 Å². The van der Waals surface area contributed by atoms with Crippen molar-refractivity contribution in [3.8, 4) is 5.75 Å². The summed E-state index contributed by atoms with van der Waals surface area (Å²) >= 11 is 1.86. The first-order valence-electron chi connectivity index (χ1n) is 6.62. The van der Waals surface area contributed by atoms with Crippen LogP contribution in [-0.2, 0) is 4.79 Å². The number of ether oxygens (including phenoxy) is 1. The van der Waals surface area contributed by atoms with Gasteiger partial charge in [-0.05, 0) is 36.4 Å². The molecule has 2 N–H and O–H groups in total. The molecule has 7 heteroatoms. The summed E-state index contributed by atoms with van der Waals surface area (Å²) in [6.07, 6.45) is 1.02. The van der Waals surface area contributed by atoms with Gasteiger partial charge in [0.2, 0.25) is 0 Å². The highest BCUT2D eigenvalue weighted by molar-refractivity contribution is 7.99. The van der Waals surface area contributed by atoms with E-state index >= 15 is 0 Å². The van der Waals surface area contributed by atoms with E-state index < -0.39 is 5.97 Å². The summed E-state index contributed by atoms with van der Waals surface area (Å²) in [5.74, 6) is 1.50. The Morgan fingerprint density at radius 2 is 2.14 bits per heavy atom. The highest BCUT2D eigenvalue weighted by atomic mass is 32.2. The summed E-state index contributed by atoms with van der Waals surface area (Å²) in [5, 5.41) is 11.3. The SMILES string of the molecule is CN(C(=O)Nc1ccc(OCC(=O)O)cc1)C1CCSC1. The van der Waals surface area contributed by atoms with E-state index in [1.807, 2.05) is 11.8 Å². The molecule has 0 saturated carbocycles. The Hall–Kier alpha value is -1.89. The van der Waals surface area contributed by atoms with Crippen LogP contribution in [0.25, 0.3) is 0 Å². The number of benzene rings is 1. The van der Waals surface area contributed by atoms with E-state index in [-0.39, 0.29) is 18.7 Å². The number of thioether (sulfide) groups is 1. The van der Waals surface area contributed by atoms with Crippen LogP contribution >= 0.6 is 11.8 Å². The van der Waals surface area contributed by atoms with Crippen molar-refractivity contribution in [2.75, 3.05) is 30.5 Å². The highest BCUT2D eigenvalue weighted by Crippen LogP contribution is 2.22. The first-order chi connectivity index (χ1) is 10.1. The van der Waals surface area contributed by atoms with Crippen molar-refractivity contribution < 1.29 is 19.4 Å². The number of hydrogen-bond donors (Lipinski definition) is 2. The Balaban J connectivity index is 1.87. The summed E-state index contributed by atoms with van der Waals surface area (Å²) in [5.41, 5.74) is 0.653. The van der Waals surface area contributed by atoms with Gasteiger partial charge >= 0.3 is 12.0 Å². The number of urea groups is 1. The van der Waals surface area contributed by atoms with Crippen molar-refractivity contribution in [3.63, 3.8) is 0 Å². The molecule has 1 fully saturated rings. The number of carbonyl (C=O) groups is 2. The van der Waals surface area contributed by atoms with Crippen LogP contribution < -0.4 is 10.1 Å². The number of carboxylic acid groups (broad SMARTS) is 1. The number of carboxylic acids is 1. The number of aliphatic carboxylic acids is 1. The van der Waals surface area contributed by atoms with E-state index in [1.54, 1.807) is 36.2 Å². The fourth-order valence-electron chi connectivity index (χ4n) is 1.98. The lowest BCUT2D eigenvalue weighted by molar-refractivity contribution is -0.139. The topological polar surface area (TPSA) is 78.9 Å². The smallest absolute Gasteiger partial charge is 0.341 e. The van der Waals surface area contributed by atoms with Crippen LogP contribution in [0.3, 0.4) is 0 Å². The van der Waals surface area contributed by atoms with Crippen LogP contribution in [0.15, 0.2) is 24.3 Å². The molecule has 1 unspecified atom stereocenters. The van der Waals surface area contributed by atoms with Gasteiger partial charge in [0.1, 0.15) is 5.75 Å². The van der Waals surface area contributed by atoms with Gasteiger partial charge in [0.05, 0.1) is 0 Å². The number of anilines is 1. The van der Waals surface area contributed by atoms with E-state index in [1.165, 1.54) is 0 Å². The lowest BCUT2D eigenvalue weighted by Gasteiger charge is -2.24. The van der Waals surface area contributed by atoms with Crippen LogP contribution in [0.5, 0.6) is 5.75 Å². The number of nitrogens with zero attached hydrogens (tertiary/aromatic N) is 1. The summed E-state index contributed by atoms with van der Waals surface area (Å²) in [6.45, 7) is -0.381. The quantitative estimate of drug-likeness (QED) is 0.871. The minimum absolute atomic E-state index is 0.137. The number of nitrogens with one attached hydrogen (secondary N) is 1. The average Bonchev–Trinajstić information content (AvgIpc) is 2.99.